The number of nitrogens with two attached hydrogens (primary N) is 1. The number of amides is 2. The SMILES string of the molecule is CN1CCN(c2ccc(-c3cccc(CN(CCCN)C(=O)C4CC4)c3)cc2NC(=O)OCc2ccccc2)CC1. The number of nitrogens with zero attached hydrogens (tertiary/aromatic N) is 3. The number of hydrogen-bond donors (Lipinski definition) is 2. The number of nitrogens with one attached hydrogen (secondary N) is 1. The van der Waals surface area contributed by atoms with E-state index in [1.807, 2.05) is 47.4 Å². The minimum absolute atomic E-state index is 0.174. The van der Waals surface area contributed by atoms with Crippen LogP contribution in [0.1, 0.15) is 30.4 Å². The third kappa shape index (κ3) is 7.86. The lowest BCUT2D eigenvalue weighted by molar-refractivity contribution is -0.133. The van der Waals surface area contributed by atoms with Crippen molar-refractivity contribution in [2.24, 2.45) is 11.7 Å². The van der Waals surface area contributed by atoms with Gasteiger partial charge in [-0.2, -0.15) is 0 Å². The molecular formula is C33H41N5O3. The van der Waals surface area contributed by atoms with Crippen LogP contribution in [0.3, 0.4) is 0 Å². The third-order valence-corrected chi connectivity index (χ3v) is 7.79. The van der Waals surface area contributed by atoms with Crippen molar-refractivity contribution in [2.75, 3.05) is 56.5 Å². The molecule has 0 aromatic heterocycles. The number of benzene rings is 3. The minimum Gasteiger partial charge on any atom is -0.444 e. The van der Waals surface area contributed by atoms with Crippen LogP contribution in [0.4, 0.5) is 16.2 Å². The Labute approximate surface area is 243 Å². The van der Waals surface area contributed by atoms with Crippen molar-refractivity contribution in [2.45, 2.75) is 32.4 Å². The lowest BCUT2D eigenvalue weighted by atomic mass is 10.0. The molecule has 8 nitrogen and oxygen atoms in total. The van der Waals surface area contributed by atoms with Gasteiger partial charge < -0.3 is 25.2 Å². The first-order valence-electron chi connectivity index (χ1n) is 14.6. The average molecular weight is 556 g/mol. The van der Waals surface area contributed by atoms with Crippen molar-refractivity contribution in [3.05, 3.63) is 83.9 Å². The van der Waals surface area contributed by atoms with Crippen LogP contribution >= 0.6 is 0 Å². The van der Waals surface area contributed by atoms with E-state index in [4.69, 9.17) is 10.5 Å². The van der Waals surface area contributed by atoms with E-state index in [2.05, 4.69) is 52.5 Å². The molecule has 3 N–H and O–H groups in total. The van der Waals surface area contributed by atoms with E-state index in [-0.39, 0.29) is 18.4 Å². The highest BCUT2D eigenvalue weighted by atomic mass is 16.5. The first-order valence-corrected chi connectivity index (χ1v) is 14.6. The maximum absolute atomic E-state index is 12.9. The zero-order valence-corrected chi connectivity index (χ0v) is 23.9. The number of anilines is 2. The van der Waals surface area contributed by atoms with Gasteiger partial charge in [0.1, 0.15) is 6.61 Å². The molecule has 3 aromatic rings. The maximum Gasteiger partial charge on any atom is 0.412 e. The summed E-state index contributed by atoms with van der Waals surface area (Å²) in [7, 11) is 2.13. The second kappa shape index (κ2) is 13.7. The molecule has 0 spiro atoms. The number of carbonyl (C=O) groups excluding carboxylic acids is 2. The van der Waals surface area contributed by atoms with Crippen molar-refractivity contribution in [1.82, 2.24) is 9.80 Å². The highest BCUT2D eigenvalue weighted by Crippen LogP contribution is 2.34. The Morgan fingerprint density at radius 2 is 1.66 bits per heavy atom. The smallest absolute Gasteiger partial charge is 0.412 e. The minimum atomic E-state index is -0.482. The third-order valence-electron chi connectivity index (χ3n) is 7.79. The summed E-state index contributed by atoms with van der Waals surface area (Å²) in [5, 5.41) is 3.02. The topological polar surface area (TPSA) is 91.1 Å². The van der Waals surface area contributed by atoms with Crippen molar-refractivity contribution in [1.29, 1.82) is 0 Å². The molecule has 41 heavy (non-hydrogen) atoms. The summed E-state index contributed by atoms with van der Waals surface area (Å²) in [5.74, 6) is 0.411. The average Bonchev–Trinajstić information content (AvgIpc) is 3.85. The number of likely N-dealkylation sites (N-methyl/N-ethyl adjacent to an activating group) is 1. The van der Waals surface area contributed by atoms with Crippen LogP contribution in [0.15, 0.2) is 72.8 Å². The van der Waals surface area contributed by atoms with Gasteiger partial charge in [-0.05, 0) is 73.3 Å². The molecule has 216 valence electrons. The van der Waals surface area contributed by atoms with Crippen LogP contribution in [-0.4, -0.2) is 68.1 Å². The van der Waals surface area contributed by atoms with Crippen LogP contribution < -0.4 is 16.0 Å². The molecule has 1 aliphatic carbocycles. The molecule has 2 fully saturated rings. The summed E-state index contributed by atoms with van der Waals surface area (Å²) >= 11 is 0. The fraction of sp³-hybridized carbons (Fsp3) is 0.394. The molecule has 1 aliphatic heterocycles. The molecule has 1 saturated carbocycles. The Hall–Kier alpha value is -3.88. The van der Waals surface area contributed by atoms with E-state index in [1.54, 1.807) is 0 Å². The first kappa shape index (κ1) is 28.6. The summed E-state index contributed by atoms with van der Waals surface area (Å²) in [5.41, 5.74) is 11.5. The standard InChI is InChI=1S/C33H41N5O3/c1-36-17-19-37(20-18-36)31-14-13-29(22-30(31)35-33(40)41-24-25-7-3-2-4-8-25)28-10-5-9-26(21-28)23-38(16-6-15-34)32(39)27-11-12-27/h2-5,7-10,13-14,21-22,27H,6,11-12,15-20,23-24,34H2,1H3,(H,35,40). The fourth-order valence-electron chi connectivity index (χ4n) is 5.22. The van der Waals surface area contributed by atoms with Crippen LogP contribution in [0.25, 0.3) is 11.1 Å². The van der Waals surface area contributed by atoms with E-state index < -0.39 is 6.09 Å². The summed E-state index contributed by atoms with van der Waals surface area (Å²) in [4.78, 5) is 32.4. The second-order valence-electron chi connectivity index (χ2n) is 11.1. The molecular weight excluding hydrogens is 514 g/mol. The van der Waals surface area contributed by atoms with Crippen molar-refractivity contribution < 1.29 is 14.3 Å². The van der Waals surface area contributed by atoms with Gasteiger partial charge >= 0.3 is 6.09 Å². The Balaban J connectivity index is 1.36. The number of hydrogen-bond acceptors (Lipinski definition) is 6. The zero-order valence-electron chi connectivity index (χ0n) is 23.9. The summed E-state index contributed by atoms with van der Waals surface area (Å²) in [6.07, 6.45) is 2.29. The van der Waals surface area contributed by atoms with Crippen LogP contribution in [-0.2, 0) is 22.7 Å². The number of ether oxygens (including phenoxy) is 1. The lowest BCUT2D eigenvalue weighted by Crippen LogP contribution is -2.44. The van der Waals surface area contributed by atoms with Crippen LogP contribution in [0.2, 0.25) is 0 Å². The highest BCUT2D eigenvalue weighted by molar-refractivity contribution is 5.92. The van der Waals surface area contributed by atoms with Gasteiger partial charge in [-0.1, -0.05) is 54.6 Å². The van der Waals surface area contributed by atoms with Crippen LogP contribution in [0, 0.1) is 5.92 Å². The Morgan fingerprint density at radius 3 is 2.39 bits per heavy atom. The van der Waals surface area contributed by atoms with Gasteiger partial charge in [0.25, 0.3) is 0 Å². The van der Waals surface area contributed by atoms with Gasteiger partial charge in [-0.25, -0.2) is 4.79 Å². The van der Waals surface area contributed by atoms with Crippen LogP contribution in [0.5, 0.6) is 0 Å². The van der Waals surface area contributed by atoms with Crippen molar-refractivity contribution >= 4 is 23.4 Å². The normalized spacial score (nSPS) is 15.4. The maximum atomic E-state index is 12.9. The highest BCUT2D eigenvalue weighted by Gasteiger charge is 2.33. The Kier molecular flexibility index (Phi) is 9.54. The molecule has 8 heteroatoms. The second-order valence-corrected chi connectivity index (χ2v) is 11.1. The quantitative estimate of drug-likeness (QED) is 0.348. The zero-order chi connectivity index (χ0) is 28.6. The number of rotatable bonds is 11. The molecule has 2 amide bonds. The summed E-state index contributed by atoms with van der Waals surface area (Å²) < 4.78 is 5.56. The van der Waals surface area contributed by atoms with Gasteiger partial charge in [0, 0.05) is 45.2 Å². The lowest BCUT2D eigenvalue weighted by Gasteiger charge is -2.35. The van der Waals surface area contributed by atoms with Gasteiger partial charge in [0.2, 0.25) is 5.91 Å². The predicted molar refractivity (Wildman–Crippen MR) is 164 cm³/mol. The molecule has 2 aliphatic rings. The molecule has 1 saturated heterocycles. The molecule has 1 heterocycles. The molecule has 0 radical (unpaired) electrons. The number of carbonyl (C=O) groups is 2. The van der Waals surface area contributed by atoms with Crippen molar-refractivity contribution in [3.63, 3.8) is 0 Å². The summed E-state index contributed by atoms with van der Waals surface area (Å²) in [6, 6.07) is 24.2. The fourth-order valence-corrected chi connectivity index (χ4v) is 5.22. The Bertz CT molecular complexity index is 1320. The predicted octanol–water partition coefficient (Wildman–Crippen LogP) is 4.94. The molecule has 5 rings (SSSR count). The largest absolute Gasteiger partial charge is 0.444 e. The van der Waals surface area contributed by atoms with E-state index in [9.17, 15) is 9.59 Å². The van der Waals surface area contributed by atoms with Gasteiger partial charge in [-0.15, -0.1) is 0 Å². The molecule has 0 bridgehead atoms. The van der Waals surface area contributed by atoms with E-state index in [0.29, 0.717) is 19.6 Å². The molecule has 0 atom stereocenters. The molecule has 3 aromatic carbocycles. The van der Waals surface area contributed by atoms with E-state index in [0.717, 1.165) is 79.1 Å². The van der Waals surface area contributed by atoms with Gasteiger partial charge in [0.05, 0.1) is 11.4 Å². The van der Waals surface area contributed by atoms with E-state index >= 15 is 0 Å². The number of piperazine rings is 1. The Morgan fingerprint density at radius 1 is 0.927 bits per heavy atom. The first-order chi connectivity index (χ1) is 20.0. The van der Waals surface area contributed by atoms with Gasteiger partial charge in [-0.3, -0.25) is 10.1 Å². The van der Waals surface area contributed by atoms with Gasteiger partial charge in [0.15, 0.2) is 0 Å². The molecule has 0 unspecified atom stereocenters. The van der Waals surface area contributed by atoms with Crippen molar-refractivity contribution in [3.8, 4) is 11.1 Å². The van der Waals surface area contributed by atoms with E-state index in [1.165, 1.54) is 0 Å². The monoisotopic (exact) mass is 555 g/mol. The summed E-state index contributed by atoms with van der Waals surface area (Å²) in [6.45, 7) is 5.70.